The number of hydrogen-bond donors (Lipinski definition) is 1. The van der Waals surface area contributed by atoms with Gasteiger partial charge in [-0.05, 0) is 40.2 Å². The summed E-state index contributed by atoms with van der Waals surface area (Å²) >= 11 is 3.21. The second-order valence-electron chi connectivity index (χ2n) is 4.18. The number of nitrogens with zero attached hydrogens (tertiary/aromatic N) is 1. The molecule has 0 radical (unpaired) electrons. The fourth-order valence-electron chi connectivity index (χ4n) is 1.91. The molecular formula is C14H11BrF3NO. The van der Waals surface area contributed by atoms with Crippen molar-refractivity contribution in [2.24, 2.45) is 0 Å². The van der Waals surface area contributed by atoms with E-state index >= 15 is 0 Å². The van der Waals surface area contributed by atoms with Crippen molar-refractivity contribution in [3.63, 3.8) is 0 Å². The molecular weight excluding hydrogens is 335 g/mol. The van der Waals surface area contributed by atoms with Gasteiger partial charge in [-0.15, -0.1) is 0 Å². The van der Waals surface area contributed by atoms with Crippen LogP contribution in [0.25, 0.3) is 5.70 Å². The van der Waals surface area contributed by atoms with E-state index in [9.17, 15) is 18.3 Å². The van der Waals surface area contributed by atoms with Gasteiger partial charge in [0.05, 0.1) is 12.2 Å². The SMILES string of the molecule is C=C1C(Br)=CC=C(c2ccc(O)cc2F)N1CC(F)F. The Bertz CT molecular complexity index is 610. The summed E-state index contributed by atoms with van der Waals surface area (Å²) in [7, 11) is 0. The number of phenols is 1. The van der Waals surface area contributed by atoms with Gasteiger partial charge in [-0.2, -0.15) is 0 Å². The Morgan fingerprint density at radius 1 is 1.30 bits per heavy atom. The highest BCUT2D eigenvalue weighted by atomic mass is 79.9. The third-order valence-electron chi connectivity index (χ3n) is 2.83. The van der Waals surface area contributed by atoms with Gasteiger partial charge in [-0.1, -0.05) is 6.58 Å². The molecule has 6 heteroatoms. The van der Waals surface area contributed by atoms with Gasteiger partial charge in [0.15, 0.2) is 0 Å². The summed E-state index contributed by atoms with van der Waals surface area (Å²) in [5, 5.41) is 9.21. The van der Waals surface area contributed by atoms with Crippen LogP contribution >= 0.6 is 15.9 Å². The number of phenolic OH excluding ortho intramolecular Hbond substituents is 1. The minimum atomic E-state index is -2.59. The van der Waals surface area contributed by atoms with Crippen LogP contribution in [0.1, 0.15) is 5.56 Å². The van der Waals surface area contributed by atoms with Crippen LogP contribution in [0.2, 0.25) is 0 Å². The van der Waals surface area contributed by atoms with E-state index in [-0.39, 0.29) is 17.0 Å². The third kappa shape index (κ3) is 2.90. The van der Waals surface area contributed by atoms with Crippen LogP contribution in [0, 0.1) is 5.82 Å². The molecule has 1 aromatic carbocycles. The molecule has 0 aliphatic carbocycles. The number of benzene rings is 1. The Labute approximate surface area is 122 Å². The van der Waals surface area contributed by atoms with Gasteiger partial charge >= 0.3 is 0 Å². The maximum Gasteiger partial charge on any atom is 0.256 e. The number of aromatic hydroxyl groups is 1. The lowest BCUT2D eigenvalue weighted by molar-refractivity contribution is 0.123. The van der Waals surface area contributed by atoms with Gasteiger partial charge in [-0.25, -0.2) is 13.2 Å². The molecule has 1 N–H and O–H groups in total. The summed E-state index contributed by atoms with van der Waals surface area (Å²) in [6.07, 6.45) is 0.552. The van der Waals surface area contributed by atoms with Gasteiger partial charge in [0.1, 0.15) is 11.6 Å². The molecule has 0 fully saturated rings. The lowest BCUT2D eigenvalue weighted by Gasteiger charge is -2.31. The molecule has 20 heavy (non-hydrogen) atoms. The zero-order valence-electron chi connectivity index (χ0n) is 10.3. The largest absolute Gasteiger partial charge is 0.508 e. The van der Waals surface area contributed by atoms with Gasteiger partial charge in [0, 0.05) is 21.8 Å². The monoisotopic (exact) mass is 345 g/mol. The normalized spacial score (nSPS) is 15.4. The Morgan fingerprint density at radius 3 is 2.60 bits per heavy atom. The molecule has 0 spiro atoms. The zero-order chi connectivity index (χ0) is 14.9. The van der Waals surface area contributed by atoms with Gasteiger partial charge in [0.2, 0.25) is 0 Å². The number of alkyl halides is 2. The number of halogens is 4. The molecule has 0 saturated carbocycles. The number of rotatable bonds is 3. The summed E-state index contributed by atoms with van der Waals surface area (Å²) in [6.45, 7) is 3.13. The maximum atomic E-state index is 13.9. The molecule has 0 amide bonds. The molecule has 1 heterocycles. The Morgan fingerprint density at radius 2 is 2.00 bits per heavy atom. The third-order valence-corrected chi connectivity index (χ3v) is 3.55. The highest BCUT2D eigenvalue weighted by Gasteiger charge is 2.24. The van der Waals surface area contributed by atoms with E-state index in [1.165, 1.54) is 23.1 Å². The first-order chi connectivity index (χ1) is 9.40. The van der Waals surface area contributed by atoms with Crippen LogP contribution in [0.15, 0.2) is 47.1 Å². The van der Waals surface area contributed by atoms with Crippen molar-refractivity contribution in [2.75, 3.05) is 6.54 Å². The van der Waals surface area contributed by atoms with E-state index < -0.39 is 18.8 Å². The summed E-state index contributed by atoms with van der Waals surface area (Å²) in [6, 6.07) is 3.58. The molecule has 0 unspecified atom stereocenters. The minimum absolute atomic E-state index is 0.126. The topological polar surface area (TPSA) is 23.5 Å². The second kappa shape index (κ2) is 5.75. The molecule has 1 aliphatic rings. The maximum absolute atomic E-state index is 13.9. The molecule has 2 nitrogen and oxygen atoms in total. The Kier molecular flexibility index (Phi) is 4.23. The molecule has 0 bridgehead atoms. The van der Waals surface area contributed by atoms with Crippen LogP contribution in [0.5, 0.6) is 5.75 Å². The Hall–Kier alpha value is -1.69. The van der Waals surface area contributed by atoms with Gasteiger partial charge in [-0.3, -0.25) is 0 Å². The van der Waals surface area contributed by atoms with Crippen LogP contribution < -0.4 is 0 Å². The van der Waals surface area contributed by atoms with E-state index in [2.05, 4.69) is 22.5 Å². The van der Waals surface area contributed by atoms with Crippen molar-refractivity contribution in [3.8, 4) is 5.75 Å². The van der Waals surface area contributed by atoms with Crippen molar-refractivity contribution in [1.82, 2.24) is 4.90 Å². The first kappa shape index (κ1) is 14.7. The standard InChI is InChI=1S/C14H11BrF3NO/c1-8-11(15)4-5-13(19(8)7-14(17)18)10-3-2-9(20)6-12(10)16/h2-6,14,20H,1,7H2. The zero-order valence-corrected chi connectivity index (χ0v) is 11.9. The van der Waals surface area contributed by atoms with Gasteiger partial charge in [0.25, 0.3) is 6.43 Å². The summed E-state index contributed by atoms with van der Waals surface area (Å²) in [5.41, 5.74) is 0.729. The first-order valence-electron chi connectivity index (χ1n) is 5.71. The first-order valence-corrected chi connectivity index (χ1v) is 6.50. The number of hydrogen-bond acceptors (Lipinski definition) is 2. The minimum Gasteiger partial charge on any atom is -0.508 e. The van der Waals surface area contributed by atoms with E-state index in [0.717, 1.165) is 6.07 Å². The van der Waals surface area contributed by atoms with E-state index in [1.807, 2.05) is 0 Å². The molecule has 1 aliphatic heterocycles. The average Bonchev–Trinajstić information content (AvgIpc) is 2.36. The van der Waals surface area contributed by atoms with E-state index in [0.29, 0.717) is 10.2 Å². The predicted octanol–water partition coefficient (Wildman–Crippen LogP) is 4.25. The summed E-state index contributed by atoms with van der Waals surface area (Å²) < 4.78 is 39.8. The fourth-order valence-corrected chi connectivity index (χ4v) is 2.25. The highest BCUT2D eigenvalue weighted by Crippen LogP contribution is 2.35. The average molecular weight is 346 g/mol. The van der Waals surface area contributed by atoms with Crippen molar-refractivity contribution >= 4 is 21.6 Å². The summed E-state index contributed by atoms with van der Waals surface area (Å²) in [4.78, 5) is 1.24. The molecule has 1 aromatic rings. The van der Waals surface area contributed by atoms with Crippen molar-refractivity contribution < 1.29 is 18.3 Å². The van der Waals surface area contributed by atoms with Crippen LogP contribution in [0.4, 0.5) is 13.2 Å². The van der Waals surface area contributed by atoms with Gasteiger partial charge < -0.3 is 10.0 Å². The van der Waals surface area contributed by atoms with Crippen molar-refractivity contribution in [1.29, 1.82) is 0 Å². The number of allylic oxidation sites excluding steroid dienone is 3. The summed E-state index contributed by atoms with van der Waals surface area (Å²) in [5.74, 6) is -0.909. The Balaban J connectivity index is 2.48. The van der Waals surface area contributed by atoms with Crippen LogP contribution in [-0.2, 0) is 0 Å². The van der Waals surface area contributed by atoms with Crippen molar-refractivity contribution in [2.45, 2.75) is 6.43 Å². The molecule has 0 aromatic heterocycles. The molecule has 0 atom stereocenters. The fraction of sp³-hybridized carbons (Fsp3) is 0.143. The quantitative estimate of drug-likeness (QED) is 0.885. The molecule has 0 saturated heterocycles. The van der Waals surface area contributed by atoms with Crippen LogP contribution in [0.3, 0.4) is 0 Å². The lowest BCUT2D eigenvalue weighted by atomic mass is 10.1. The lowest BCUT2D eigenvalue weighted by Crippen LogP contribution is -2.28. The van der Waals surface area contributed by atoms with E-state index in [4.69, 9.17) is 0 Å². The molecule has 2 rings (SSSR count). The highest BCUT2D eigenvalue weighted by molar-refractivity contribution is 9.12. The molecule has 106 valence electrons. The smallest absolute Gasteiger partial charge is 0.256 e. The van der Waals surface area contributed by atoms with E-state index in [1.54, 1.807) is 6.08 Å². The van der Waals surface area contributed by atoms with Crippen molar-refractivity contribution in [3.05, 3.63) is 58.5 Å². The predicted molar refractivity (Wildman–Crippen MR) is 74.9 cm³/mol. The van der Waals surface area contributed by atoms with Crippen LogP contribution in [-0.4, -0.2) is 23.0 Å². The second-order valence-corrected chi connectivity index (χ2v) is 5.03.